The summed E-state index contributed by atoms with van der Waals surface area (Å²) in [5.74, 6) is 1.41. The smallest absolute Gasteiger partial charge is 0.143 e. The van der Waals surface area contributed by atoms with Crippen molar-refractivity contribution in [3.05, 3.63) is 48.2 Å². The lowest BCUT2D eigenvalue weighted by atomic mass is 9.92. The van der Waals surface area contributed by atoms with Crippen LogP contribution in [-0.2, 0) is 18.3 Å². The minimum atomic E-state index is 0.130. The highest BCUT2D eigenvalue weighted by Crippen LogP contribution is 2.25. The highest BCUT2D eigenvalue weighted by molar-refractivity contribution is 5.88. The number of imidazole rings is 1. The van der Waals surface area contributed by atoms with E-state index in [0.29, 0.717) is 12.2 Å². The van der Waals surface area contributed by atoms with E-state index < -0.39 is 0 Å². The second-order valence-corrected chi connectivity index (χ2v) is 7.17. The van der Waals surface area contributed by atoms with Crippen molar-refractivity contribution in [2.75, 3.05) is 13.1 Å². The zero-order valence-corrected chi connectivity index (χ0v) is 15.3. The van der Waals surface area contributed by atoms with E-state index in [1.54, 1.807) is 0 Å². The summed E-state index contributed by atoms with van der Waals surface area (Å²) in [5, 5.41) is 5.51. The molecule has 1 aliphatic rings. The number of hydrogen-bond donors (Lipinski definition) is 1. The molecule has 1 saturated heterocycles. The molecule has 0 spiro atoms. The van der Waals surface area contributed by atoms with Gasteiger partial charge in [-0.2, -0.15) is 0 Å². The molecule has 0 radical (unpaired) electrons. The molecule has 134 valence electrons. The topological polar surface area (TPSA) is 59.8 Å². The van der Waals surface area contributed by atoms with Gasteiger partial charge in [-0.1, -0.05) is 12.1 Å². The van der Waals surface area contributed by atoms with E-state index in [9.17, 15) is 4.79 Å². The Morgan fingerprint density at radius 3 is 2.85 bits per heavy atom. The highest BCUT2D eigenvalue weighted by atomic mass is 16.1. The number of ketones is 1. The van der Waals surface area contributed by atoms with Crippen molar-refractivity contribution in [3.63, 3.8) is 0 Å². The van der Waals surface area contributed by atoms with Gasteiger partial charge in [0.1, 0.15) is 11.6 Å². The maximum absolute atomic E-state index is 12.5. The lowest BCUT2D eigenvalue weighted by Crippen LogP contribution is -2.35. The maximum atomic E-state index is 12.5. The number of carbonyl (C=O) groups excluding carboxylic acids is 1. The minimum absolute atomic E-state index is 0.130. The van der Waals surface area contributed by atoms with Gasteiger partial charge in [-0.15, -0.1) is 0 Å². The summed E-state index contributed by atoms with van der Waals surface area (Å²) < 4.78 is 2.09. The number of piperidine rings is 1. The molecule has 4 rings (SSSR count). The molecule has 0 aliphatic carbocycles. The second kappa shape index (κ2) is 7.00. The van der Waals surface area contributed by atoms with E-state index in [0.717, 1.165) is 59.5 Å². The lowest BCUT2D eigenvalue weighted by Gasteiger charge is -2.21. The summed E-state index contributed by atoms with van der Waals surface area (Å²) in [7, 11) is 2.02. The molecule has 5 nitrogen and oxygen atoms in total. The Morgan fingerprint density at radius 2 is 2.12 bits per heavy atom. The molecule has 0 saturated carbocycles. The Hall–Kier alpha value is -2.53. The predicted octanol–water partition coefficient (Wildman–Crippen LogP) is 3.05. The third kappa shape index (κ3) is 3.27. The van der Waals surface area contributed by atoms with Crippen molar-refractivity contribution < 1.29 is 4.79 Å². The van der Waals surface area contributed by atoms with Crippen molar-refractivity contribution in [1.82, 2.24) is 19.9 Å². The van der Waals surface area contributed by atoms with Crippen molar-refractivity contribution >= 4 is 16.6 Å². The summed E-state index contributed by atoms with van der Waals surface area (Å²) in [6, 6.07) is 8.38. The number of rotatable bonds is 4. The normalized spacial score (nSPS) is 17.5. The number of carbonyl (C=O) groups is 1. The Bertz CT molecular complexity index is 954. The molecule has 2 aromatic heterocycles. The van der Waals surface area contributed by atoms with Crippen molar-refractivity contribution in [3.8, 4) is 11.3 Å². The third-order valence-corrected chi connectivity index (χ3v) is 5.40. The highest BCUT2D eigenvalue weighted by Gasteiger charge is 2.21. The van der Waals surface area contributed by atoms with Crippen LogP contribution in [0.4, 0.5) is 0 Å². The fraction of sp³-hybridized carbons (Fsp3) is 0.381. The first-order valence-electron chi connectivity index (χ1n) is 9.22. The number of hydrogen-bond acceptors (Lipinski definition) is 4. The Kier molecular flexibility index (Phi) is 4.55. The zero-order valence-electron chi connectivity index (χ0n) is 15.3. The van der Waals surface area contributed by atoms with Crippen LogP contribution in [0.3, 0.4) is 0 Å². The van der Waals surface area contributed by atoms with E-state index in [-0.39, 0.29) is 5.92 Å². The van der Waals surface area contributed by atoms with Crippen LogP contribution in [0.15, 0.2) is 36.7 Å². The first-order valence-corrected chi connectivity index (χ1v) is 9.22. The molecule has 1 N–H and O–H groups in total. The predicted molar refractivity (Wildman–Crippen MR) is 103 cm³/mol. The van der Waals surface area contributed by atoms with Crippen molar-refractivity contribution in [1.29, 1.82) is 0 Å². The molecule has 0 amide bonds. The molecule has 1 aromatic carbocycles. The van der Waals surface area contributed by atoms with E-state index in [4.69, 9.17) is 0 Å². The average molecular weight is 348 g/mol. The van der Waals surface area contributed by atoms with Crippen LogP contribution in [0.5, 0.6) is 0 Å². The van der Waals surface area contributed by atoms with Gasteiger partial charge >= 0.3 is 0 Å². The molecule has 3 heterocycles. The maximum Gasteiger partial charge on any atom is 0.143 e. The minimum Gasteiger partial charge on any atom is -0.331 e. The summed E-state index contributed by atoms with van der Waals surface area (Å²) in [6.07, 6.45) is 6.25. The monoisotopic (exact) mass is 348 g/mol. The fourth-order valence-electron chi connectivity index (χ4n) is 3.66. The van der Waals surface area contributed by atoms with Gasteiger partial charge in [-0.3, -0.25) is 9.78 Å². The van der Waals surface area contributed by atoms with Crippen LogP contribution in [0.1, 0.15) is 24.4 Å². The lowest BCUT2D eigenvalue weighted by molar-refractivity contribution is -0.122. The van der Waals surface area contributed by atoms with Gasteiger partial charge in [0, 0.05) is 48.8 Å². The molecule has 0 bridgehead atoms. The van der Waals surface area contributed by atoms with Gasteiger partial charge in [-0.25, -0.2) is 4.98 Å². The quantitative estimate of drug-likeness (QED) is 0.787. The van der Waals surface area contributed by atoms with Gasteiger partial charge in [0.15, 0.2) is 0 Å². The van der Waals surface area contributed by atoms with Gasteiger partial charge in [-0.05, 0) is 43.8 Å². The molecule has 3 aromatic rings. The van der Waals surface area contributed by atoms with Crippen LogP contribution in [0.2, 0.25) is 0 Å². The Balaban J connectivity index is 1.61. The zero-order chi connectivity index (χ0) is 18.1. The number of nitrogens with one attached hydrogen (secondary N) is 1. The molecular weight excluding hydrogens is 324 g/mol. The van der Waals surface area contributed by atoms with Gasteiger partial charge in [0.2, 0.25) is 0 Å². The third-order valence-electron chi connectivity index (χ3n) is 5.40. The molecule has 1 fully saturated rings. The van der Waals surface area contributed by atoms with Crippen LogP contribution in [-0.4, -0.2) is 33.4 Å². The number of fused-ring (bicyclic) bond motifs is 1. The first-order chi connectivity index (χ1) is 12.6. The number of aryl methyl sites for hydroxylation is 1. The Morgan fingerprint density at radius 1 is 1.23 bits per heavy atom. The van der Waals surface area contributed by atoms with Crippen LogP contribution < -0.4 is 5.32 Å². The first kappa shape index (κ1) is 16.9. The number of nitrogens with zero attached hydrogens (tertiary/aromatic N) is 3. The number of Topliss-reactive ketones (excluding diaryl/α,β-unsaturated/α-hetero) is 1. The van der Waals surface area contributed by atoms with E-state index in [1.807, 2.05) is 26.4 Å². The van der Waals surface area contributed by atoms with E-state index in [1.165, 1.54) is 0 Å². The Labute approximate surface area is 153 Å². The van der Waals surface area contributed by atoms with Crippen LogP contribution >= 0.6 is 0 Å². The summed E-state index contributed by atoms with van der Waals surface area (Å²) >= 11 is 0. The molecule has 1 aliphatic heterocycles. The second-order valence-electron chi connectivity index (χ2n) is 7.17. The van der Waals surface area contributed by atoms with Crippen molar-refractivity contribution in [2.24, 2.45) is 13.0 Å². The molecule has 5 heteroatoms. The number of aromatic nitrogens is 3. The van der Waals surface area contributed by atoms with Gasteiger partial charge < -0.3 is 9.88 Å². The number of benzene rings is 1. The van der Waals surface area contributed by atoms with E-state index in [2.05, 4.69) is 44.1 Å². The standard InChI is InChI=1S/C21H24N4O/c1-14-23-13-20(25(14)2)15-5-6-16-12-24-19(9-18(16)8-15)10-21(26)17-4-3-7-22-11-17/h5-6,8-9,12-13,17,22H,3-4,7,10-11H2,1-2H3/t17-/m0/s1. The molecule has 1 atom stereocenters. The van der Waals surface area contributed by atoms with Crippen LogP contribution in [0, 0.1) is 12.8 Å². The fourth-order valence-corrected chi connectivity index (χ4v) is 3.66. The SMILES string of the molecule is Cc1ncc(-c2ccc3cnc(CC(=O)[C@H]4CCCNC4)cc3c2)n1C. The summed E-state index contributed by atoms with van der Waals surface area (Å²) in [5.41, 5.74) is 3.07. The summed E-state index contributed by atoms with van der Waals surface area (Å²) in [4.78, 5) is 21.4. The average Bonchev–Trinajstić information content (AvgIpc) is 3.00. The molecule has 0 unspecified atom stereocenters. The molecular formula is C21H24N4O. The largest absolute Gasteiger partial charge is 0.331 e. The van der Waals surface area contributed by atoms with Gasteiger partial charge in [0.25, 0.3) is 0 Å². The summed E-state index contributed by atoms with van der Waals surface area (Å²) in [6.45, 7) is 3.82. The number of pyridine rings is 1. The molecule has 26 heavy (non-hydrogen) atoms. The van der Waals surface area contributed by atoms with Crippen molar-refractivity contribution in [2.45, 2.75) is 26.2 Å². The van der Waals surface area contributed by atoms with Crippen LogP contribution in [0.25, 0.3) is 22.0 Å². The van der Waals surface area contributed by atoms with Gasteiger partial charge in [0.05, 0.1) is 11.9 Å². The van der Waals surface area contributed by atoms with E-state index >= 15 is 0 Å².